The summed E-state index contributed by atoms with van der Waals surface area (Å²) in [6.45, 7) is 4.15. The molecule has 132 valence electrons. The molecule has 0 aliphatic rings. The zero-order valence-electron chi connectivity index (χ0n) is 14.5. The van der Waals surface area contributed by atoms with E-state index in [9.17, 15) is 4.79 Å². The van der Waals surface area contributed by atoms with Gasteiger partial charge in [-0.25, -0.2) is 0 Å². The van der Waals surface area contributed by atoms with Gasteiger partial charge in [-0.15, -0.1) is 0 Å². The van der Waals surface area contributed by atoms with Gasteiger partial charge in [0.1, 0.15) is 5.75 Å². The summed E-state index contributed by atoms with van der Waals surface area (Å²) < 4.78 is 5.14. The number of ether oxygens (including phenoxy) is 1. The number of hydrazine groups is 1. The Balaban J connectivity index is 1.77. The molecule has 2 rings (SSSR count). The third-order valence-electron chi connectivity index (χ3n) is 3.69. The van der Waals surface area contributed by atoms with Crippen molar-refractivity contribution < 1.29 is 9.53 Å². The Morgan fingerprint density at radius 2 is 1.88 bits per heavy atom. The van der Waals surface area contributed by atoms with Gasteiger partial charge in [0, 0.05) is 17.4 Å². The lowest BCUT2D eigenvalue weighted by Gasteiger charge is -2.14. The van der Waals surface area contributed by atoms with E-state index in [1.807, 2.05) is 56.3 Å². The van der Waals surface area contributed by atoms with Gasteiger partial charge in [-0.1, -0.05) is 18.2 Å². The first-order valence-corrected chi connectivity index (χ1v) is 8.20. The van der Waals surface area contributed by atoms with Crippen molar-refractivity contribution in [2.75, 3.05) is 24.3 Å². The molecule has 0 saturated carbocycles. The number of carbonyl (C=O) groups excluding carboxylic acids is 1. The molecule has 0 spiro atoms. The number of benzene rings is 2. The predicted octanol–water partition coefficient (Wildman–Crippen LogP) is 2.74. The zero-order valence-corrected chi connectivity index (χ0v) is 15.3. The predicted molar refractivity (Wildman–Crippen MR) is 105 cm³/mol. The van der Waals surface area contributed by atoms with Gasteiger partial charge in [-0.3, -0.25) is 15.6 Å². The number of amides is 1. The number of methoxy groups -OCH3 is 1. The number of aryl methyl sites for hydroxylation is 1. The lowest BCUT2D eigenvalue weighted by atomic mass is 10.1. The van der Waals surface area contributed by atoms with Gasteiger partial charge in [0.25, 0.3) is 5.91 Å². The van der Waals surface area contributed by atoms with Crippen molar-refractivity contribution in [3.05, 3.63) is 53.6 Å². The smallest absolute Gasteiger partial charge is 0.257 e. The van der Waals surface area contributed by atoms with E-state index in [4.69, 9.17) is 17.0 Å². The molecule has 0 heterocycles. The molecule has 2 aromatic rings. The molecule has 0 fully saturated rings. The Bertz CT molecular complexity index is 764. The summed E-state index contributed by atoms with van der Waals surface area (Å²) in [6.07, 6.45) is 0. The van der Waals surface area contributed by atoms with E-state index in [-0.39, 0.29) is 12.5 Å². The van der Waals surface area contributed by atoms with Gasteiger partial charge in [-0.2, -0.15) is 0 Å². The molecule has 0 bridgehead atoms. The highest BCUT2D eigenvalue weighted by molar-refractivity contribution is 7.80. The number of hydrogen-bond acceptors (Lipinski definition) is 4. The summed E-state index contributed by atoms with van der Waals surface area (Å²) in [7, 11) is 1.60. The maximum Gasteiger partial charge on any atom is 0.257 e. The highest BCUT2D eigenvalue weighted by Crippen LogP contribution is 2.18. The average Bonchev–Trinajstić information content (AvgIpc) is 2.62. The third kappa shape index (κ3) is 5.65. The van der Waals surface area contributed by atoms with Crippen LogP contribution in [0.2, 0.25) is 0 Å². The molecular weight excluding hydrogens is 336 g/mol. The summed E-state index contributed by atoms with van der Waals surface area (Å²) in [6, 6.07) is 13.3. The normalized spacial score (nSPS) is 9.88. The molecule has 25 heavy (non-hydrogen) atoms. The van der Waals surface area contributed by atoms with E-state index in [0.29, 0.717) is 5.11 Å². The fourth-order valence-electron chi connectivity index (χ4n) is 2.13. The first kappa shape index (κ1) is 18.5. The van der Waals surface area contributed by atoms with Crippen LogP contribution in [0.1, 0.15) is 11.1 Å². The molecule has 0 atom stereocenters. The third-order valence-corrected chi connectivity index (χ3v) is 3.90. The van der Waals surface area contributed by atoms with Gasteiger partial charge in [0.15, 0.2) is 5.11 Å². The fourth-order valence-corrected chi connectivity index (χ4v) is 2.29. The minimum atomic E-state index is -0.243. The number of thiocarbonyl (C=S) groups is 1. The quantitative estimate of drug-likeness (QED) is 0.487. The van der Waals surface area contributed by atoms with Gasteiger partial charge >= 0.3 is 0 Å². The minimum Gasteiger partial charge on any atom is -0.497 e. The Labute approximate surface area is 152 Å². The van der Waals surface area contributed by atoms with Crippen LogP contribution in [0.25, 0.3) is 0 Å². The topological polar surface area (TPSA) is 74.4 Å². The second-order valence-electron chi connectivity index (χ2n) is 5.46. The maximum absolute atomic E-state index is 11.9. The largest absolute Gasteiger partial charge is 0.497 e. The molecule has 2 aromatic carbocycles. The monoisotopic (exact) mass is 358 g/mol. The van der Waals surface area contributed by atoms with E-state index >= 15 is 0 Å². The van der Waals surface area contributed by atoms with Crippen LogP contribution in [0.5, 0.6) is 5.75 Å². The van der Waals surface area contributed by atoms with Crippen molar-refractivity contribution >= 4 is 34.6 Å². The summed E-state index contributed by atoms with van der Waals surface area (Å²) in [5.74, 6) is 0.482. The van der Waals surface area contributed by atoms with Crippen molar-refractivity contribution in [1.29, 1.82) is 0 Å². The zero-order chi connectivity index (χ0) is 18.2. The number of rotatable bonds is 5. The first-order chi connectivity index (χ1) is 12.0. The molecule has 0 aliphatic carbocycles. The molecule has 7 heteroatoms. The number of carbonyl (C=O) groups is 1. The van der Waals surface area contributed by atoms with E-state index in [0.717, 1.165) is 22.7 Å². The molecule has 1 amide bonds. The molecule has 6 nitrogen and oxygen atoms in total. The van der Waals surface area contributed by atoms with E-state index in [1.165, 1.54) is 5.56 Å². The minimum absolute atomic E-state index is 0.103. The van der Waals surface area contributed by atoms with Gasteiger partial charge < -0.3 is 15.4 Å². The average molecular weight is 358 g/mol. The Morgan fingerprint density at radius 1 is 1.12 bits per heavy atom. The van der Waals surface area contributed by atoms with Crippen molar-refractivity contribution in [2.24, 2.45) is 0 Å². The van der Waals surface area contributed by atoms with Gasteiger partial charge in [0.2, 0.25) is 0 Å². The van der Waals surface area contributed by atoms with Crippen LogP contribution in [-0.2, 0) is 4.79 Å². The van der Waals surface area contributed by atoms with Crippen molar-refractivity contribution in [1.82, 2.24) is 10.9 Å². The van der Waals surface area contributed by atoms with Crippen molar-refractivity contribution in [3.63, 3.8) is 0 Å². The molecule has 0 unspecified atom stereocenters. The number of hydrogen-bond donors (Lipinski definition) is 4. The van der Waals surface area contributed by atoms with E-state index in [1.54, 1.807) is 7.11 Å². The second kappa shape index (κ2) is 8.89. The first-order valence-electron chi connectivity index (χ1n) is 7.79. The molecule has 0 radical (unpaired) electrons. The highest BCUT2D eigenvalue weighted by atomic mass is 32.1. The van der Waals surface area contributed by atoms with Crippen LogP contribution in [0.4, 0.5) is 11.4 Å². The maximum atomic E-state index is 11.9. The molecule has 0 saturated heterocycles. The van der Waals surface area contributed by atoms with Crippen LogP contribution >= 0.6 is 12.2 Å². The summed E-state index contributed by atoms with van der Waals surface area (Å²) in [4.78, 5) is 11.9. The second-order valence-corrected chi connectivity index (χ2v) is 5.87. The molecular formula is C18H22N4O2S. The Hall–Kier alpha value is -2.80. The molecule has 4 N–H and O–H groups in total. The Morgan fingerprint density at radius 3 is 2.64 bits per heavy atom. The standard InChI is InChI=1S/C18H22N4O2S/c1-12-6-4-9-16(13(12)2)20-18(25)22-21-17(23)11-19-14-7-5-8-15(10-14)24-3/h4-10,19H,11H2,1-3H3,(H,21,23)(H2,20,22,25). The van der Waals surface area contributed by atoms with Crippen LogP contribution in [0.3, 0.4) is 0 Å². The summed E-state index contributed by atoms with van der Waals surface area (Å²) in [5, 5.41) is 6.40. The van der Waals surface area contributed by atoms with Crippen molar-refractivity contribution in [3.8, 4) is 5.75 Å². The van der Waals surface area contributed by atoms with Crippen LogP contribution in [0, 0.1) is 13.8 Å². The van der Waals surface area contributed by atoms with Crippen molar-refractivity contribution in [2.45, 2.75) is 13.8 Å². The SMILES string of the molecule is COc1cccc(NCC(=O)NNC(=S)Nc2cccc(C)c2C)c1. The number of anilines is 2. The van der Waals surface area contributed by atoms with Gasteiger partial charge in [0.05, 0.1) is 13.7 Å². The molecule has 0 aromatic heterocycles. The van der Waals surface area contributed by atoms with Gasteiger partial charge in [-0.05, 0) is 55.4 Å². The lowest BCUT2D eigenvalue weighted by Crippen LogP contribution is -2.46. The van der Waals surface area contributed by atoms with E-state index < -0.39 is 0 Å². The van der Waals surface area contributed by atoms with E-state index in [2.05, 4.69) is 21.5 Å². The Kier molecular flexibility index (Phi) is 6.59. The van der Waals surface area contributed by atoms with Crippen LogP contribution in [-0.4, -0.2) is 24.7 Å². The summed E-state index contributed by atoms with van der Waals surface area (Å²) in [5.41, 5.74) is 9.22. The fraction of sp³-hybridized carbons (Fsp3) is 0.222. The van der Waals surface area contributed by atoms with Crippen LogP contribution in [0.15, 0.2) is 42.5 Å². The summed E-state index contributed by atoms with van der Waals surface area (Å²) >= 11 is 5.19. The lowest BCUT2D eigenvalue weighted by molar-refractivity contribution is -0.119. The number of nitrogens with one attached hydrogen (secondary N) is 4. The highest BCUT2D eigenvalue weighted by Gasteiger charge is 2.05. The molecule has 0 aliphatic heterocycles. The van der Waals surface area contributed by atoms with Crippen LogP contribution < -0.4 is 26.2 Å².